The Morgan fingerprint density at radius 2 is 2.05 bits per heavy atom. The van der Waals surface area contributed by atoms with Gasteiger partial charge in [-0.15, -0.1) is 0 Å². The maximum absolute atomic E-state index is 11.1. The lowest BCUT2D eigenvalue weighted by atomic mass is 10.1. The number of anilines is 1. The molecule has 0 aliphatic carbocycles. The molecule has 7 heteroatoms. The summed E-state index contributed by atoms with van der Waals surface area (Å²) in [6, 6.07) is -0.180. The van der Waals surface area contributed by atoms with Gasteiger partial charge in [-0.3, -0.25) is 0 Å². The van der Waals surface area contributed by atoms with E-state index >= 15 is 0 Å². The smallest absolute Gasteiger partial charge is 0.358 e. The van der Waals surface area contributed by atoms with Crippen molar-refractivity contribution in [2.75, 3.05) is 5.32 Å². The van der Waals surface area contributed by atoms with Crippen LogP contribution in [0.4, 0.5) is 5.82 Å². The summed E-state index contributed by atoms with van der Waals surface area (Å²) in [5.41, 5.74) is 1.54. The third-order valence-electron chi connectivity index (χ3n) is 2.78. The summed E-state index contributed by atoms with van der Waals surface area (Å²) in [5, 5.41) is 15.9. The summed E-state index contributed by atoms with van der Waals surface area (Å²) in [6.07, 6.45) is 2.78. The third kappa shape index (κ3) is 2.54. The lowest BCUT2D eigenvalue weighted by Gasteiger charge is -2.15. The zero-order valence-corrected chi connectivity index (χ0v) is 10.8. The molecule has 0 radical (unpaired) electrons. The Hall–Kier alpha value is -2.44. The van der Waals surface area contributed by atoms with Gasteiger partial charge in [-0.05, 0) is 20.8 Å². The van der Waals surface area contributed by atoms with Crippen LogP contribution in [0.3, 0.4) is 0 Å². The number of rotatable bonds is 4. The van der Waals surface area contributed by atoms with Crippen molar-refractivity contribution in [3.8, 4) is 0 Å². The van der Waals surface area contributed by atoms with Crippen molar-refractivity contribution in [3.05, 3.63) is 35.1 Å². The highest BCUT2D eigenvalue weighted by molar-refractivity contribution is 5.90. The average Bonchev–Trinajstić information content (AvgIpc) is 2.69. The summed E-state index contributed by atoms with van der Waals surface area (Å²) in [7, 11) is 0. The number of aromatic carboxylic acids is 1. The zero-order valence-electron chi connectivity index (χ0n) is 10.8. The van der Waals surface area contributed by atoms with E-state index in [4.69, 9.17) is 9.63 Å². The third-order valence-corrected chi connectivity index (χ3v) is 2.78. The molecule has 0 saturated carbocycles. The number of carbonyl (C=O) groups is 1. The van der Waals surface area contributed by atoms with Crippen molar-refractivity contribution >= 4 is 11.8 Å². The molecular formula is C12H14N4O3. The summed E-state index contributed by atoms with van der Waals surface area (Å²) in [5.74, 6) is -0.206. The minimum absolute atomic E-state index is 0.110. The predicted molar refractivity (Wildman–Crippen MR) is 67.0 cm³/mol. The van der Waals surface area contributed by atoms with Gasteiger partial charge >= 0.3 is 5.97 Å². The van der Waals surface area contributed by atoms with E-state index in [0.29, 0.717) is 5.76 Å². The summed E-state index contributed by atoms with van der Waals surface area (Å²) in [4.78, 5) is 18.8. The highest BCUT2D eigenvalue weighted by atomic mass is 16.5. The Balaban J connectivity index is 2.29. The van der Waals surface area contributed by atoms with Gasteiger partial charge in [0.1, 0.15) is 5.76 Å². The van der Waals surface area contributed by atoms with Crippen LogP contribution in [-0.2, 0) is 0 Å². The Morgan fingerprint density at radius 1 is 1.37 bits per heavy atom. The minimum Gasteiger partial charge on any atom is -0.476 e. The lowest BCUT2D eigenvalue weighted by Crippen LogP contribution is -2.14. The van der Waals surface area contributed by atoms with E-state index in [0.717, 1.165) is 11.3 Å². The fourth-order valence-electron chi connectivity index (χ4n) is 1.99. The van der Waals surface area contributed by atoms with Crippen molar-refractivity contribution in [1.29, 1.82) is 0 Å². The van der Waals surface area contributed by atoms with E-state index in [1.165, 1.54) is 12.4 Å². The topological polar surface area (TPSA) is 101 Å². The molecule has 100 valence electrons. The van der Waals surface area contributed by atoms with Gasteiger partial charge in [0.05, 0.1) is 11.7 Å². The minimum atomic E-state index is -1.12. The molecule has 2 aromatic heterocycles. The molecule has 0 saturated heterocycles. The van der Waals surface area contributed by atoms with Crippen LogP contribution >= 0.6 is 0 Å². The van der Waals surface area contributed by atoms with Crippen molar-refractivity contribution < 1.29 is 14.4 Å². The first-order valence-corrected chi connectivity index (χ1v) is 5.74. The van der Waals surface area contributed by atoms with Crippen molar-refractivity contribution in [3.63, 3.8) is 0 Å². The molecule has 19 heavy (non-hydrogen) atoms. The van der Waals surface area contributed by atoms with Gasteiger partial charge in [-0.25, -0.2) is 14.8 Å². The molecule has 0 aliphatic rings. The standard InChI is InChI=1S/C12H14N4O3/c1-6(9-7(2)16-19-8(9)3)15-11-10(12(17)18)13-4-5-14-11/h4-6H,1-3H3,(H,14,15)(H,17,18). The van der Waals surface area contributed by atoms with Crippen LogP contribution in [0.1, 0.15) is 40.5 Å². The second-order valence-electron chi connectivity index (χ2n) is 4.16. The number of carboxylic acids is 1. The van der Waals surface area contributed by atoms with Gasteiger partial charge in [0.2, 0.25) is 0 Å². The van der Waals surface area contributed by atoms with Gasteiger partial charge in [0, 0.05) is 18.0 Å². The fourth-order valence-corrected chi connectivity index (χ4v) is 1.99. The van der Waals surface area contributed by atoms with E-state index < -0.39 is 5.97 Å². The van der Waals surface area contributed by atoms with E-state index in [2.05, 4.69) is 20.4 Å². The molecule has 1 atom stereocenters. The van der Waals surface area contributed by atoms with Gasteiger partial charge in [-0.1, -0.05) is 5.16 Å². The van der Waals surface area contributed by atoms with Crippen LogP contribution in [-0.4, -0.2) is 26.2 Å². The van der Waals surface area contributed by atoms with E-state index in [9.17, 15) is 4.79 Å². The number of hydrogen-bond donors (Lipinski definition) is 2. The van der Waals surface area contributed by atoms with Crippen molar-refractivity contribution in [1.82, 2.24) is 15.1 Å². The molecule has 1 unspecified atom stereocenters. The van der Waals surface area contributed by atoms with Crippen LogP contribution in [0.15, 0.2) is 16.9 Å². The SMILES string of the molecule is Cc1noc(C)c1C(C)Nc1nccnc1C(=O)O. The summed E-state index contributed by atoms with van der Waals surface area (Å²) >= 11 is 0. The van der Waals surface area contributed by atoms with Gasteiger partial charge in [-0.2, -0.15) is 0 Å². The molecular weight excluding hydrogens is 248 g/mol. The zero-order chi connectivity index (χ0) is 14.0. The Bertz CT molecular complexity index is 589. The molecule has 0 fully saturated rings. The molecule has 2 N–H and O–H groups in total. The van der Waals surface area contributed by atoms with Crippen LogP contribution in [0.25, 0.3) is 0 Å². The van der Waals surface area contributed by atoms with Crippen molar-refractivity contribution in [2.45, 2.75) is 26.8 Å². The van der Waals surface area contributed by atoms with Crippen LogP contribution in [0.2, 0.25) is 0 Å². The number of nitrogens with zero attached hydrogens (tertiary/aromatic N) is 3. The maximum Gasteiger partial charge on any atom is 0.358 e. The highest BCUT2D eigenvalue weighted by Crippen LogP contribution is 2.24. The Labute approximate surface area is 109 Å². The number of carboxylic acid groups (broad SMARTS) is 1. The molecule has 0 spiro atoms. The highest BCUT2D eigenvalue weighted by Gasteiger charge is 2.20. The first-order valence-electron chi connectivity index (χ1n) is 5.74. The maximum atomic E-state index is 11.1. The predicted octanol–water partition coefficient (Wildman–Crippen LogP) is 1.95. The molecule has 0 amide bonds. The molecule has 2 aromatic rings. The number of hydrogen-bond acceptors (Lipinski definition) is 6. The van der Waals surface area contributed by atoms with E-state index in [-0.39, 0.29) is 17.6 Å². The quantitative estimate of drug-likeness (QED) is 0.868. The monoisotopic (exact) mass is 262 g/mol. The van der Waals surface area contributed by atoms with Crippen LogP contribution in [0, 0.1) is 13.8 Å². The first-order chi connectivity index (χ1) is 9.00. The largest absolute Gasteiger partial charge is 0.476 e. The Morgan fingerprint density at radius 3 is 2.63 bits per heavy atom. The number of aryl methyl sites for hydroxylation is 2. The van der Waals surface area contributed by atoms with Gasteiger partial charge in [0.15, 0.2) is 11.5 Å². The molecule has 0 aliphatic heterocycles. The number of nitrogens with one attached hydrogen (secondary N) is 1. The first kappa shape index (κ1) is 13.0. The fraction of sp³-hybridized carbons (Fsp3) is 0.333. The molecule has 0 aromatic carbocycles. The molecule has 2 rings (SSSR count). The molecule has 0 bridgehead atoms. The normalized spacial score (nSPS) is 12.2. The van der Waals surface area contributed by atoms with Crippen molar-refractivity contribution in [2.24, 2.45) is 0 Å². The lowest BCUT2D eigenvalue weighted by molar-refractivity contribution is 0.0691. The van der Waals surface area contributed by atoms with Gasteiger partial charge < -0.3 is 14.9 Å². The Kier molecular flexibility index (Phi) is 3.46. The van der Waals surface area contributed by atoms with E-state index in [1.54, 1.807) is 0 Å². The summed E-state index contributed by atoms with van der Waals surface area (Å²) in [6.45, 7) is 5.52. The molecule has 2 heterocycles. The molecule has 7 nitrogen and oxygen atoms in total. The van der Waals surface area contributed by atoms with Crippen LogP contribution in [0.5, 0.6) is 0 Å². The second kappa shape index (κ2) is 5.05. The van der Waals surface area contributed by atoms with Gasteiger partial charge in [0.25, 0.3) is 0 Å². The average molecular weight is 262 g/mol. The van der Waals surface area contributed by atoms with E-state index in [1.807, 2.05) is 20.8 Å². The number of aromatic nitrogens is 3. The van der Waals surface area contributed by atoms with Crippen LogP contribution < -0.4 is 5.32 Å². The summed E-state index contributed by atoms with van der Waals surface area (Å²) < 4.78 is 5.09. The second-order valence-corrected chi connectivity index (χ2v) is 4.16.